The molecule has 0 saturated heterocycles. The van der Waals surface area contributed by atoms with Gasteiger partial charge in [-0.3, -0.25) is 14.2 Å². The topological polar surface area (TPSA) is 90.0 Å². The quantitative estimate of drug-likeness (QED) is 0.312. The molecule has 7 nitrogen and oxygen atoms in total. The number of carbonyl (C=O) groups excluding carboxylic acids is 2. The second kappa shape index (κ2) is 9.23. The molecule has 0 spiro atoms. The van der Waals surface area contributed by atoms with Gasteiger partial charge in [0.2, 0.25) is 5.91 Å². The Bertz CT molecular complexity index is 1260. The van der Waals surface area contributed by atoms with Gasteiger partial charge in [0, 0.05) is 11.3 Å². The molecule has 4 aromatic rings. The number of ketones is 1. The van der Waals surface area contributed by atoms with Crippen LogP contribution < -0.4 is 5.32 Å². The number of nitrogens with zero attached hydrogens (tertiary/aromatic N) is 3. The first-order valence-electron chi connectivity index (χ1n) is 10.1. The van der Waals surface area contributed by atoms with Crippen molar-refractivity contribution in [2.45, 2.75) is 31.2 Å². The number of aromatic nitrogens is 3. The maximum Gasteiger partial charge on any atom is 0.237 e. The second-order valence-corrected chi connectivity index (χ2v) is 8.53. The van der Waals surface area contributed by atoms with E-state index in [1.165, 1.54) is 18.7 Å². The lowest BCUT2D eigenvalue weighted by atomic mass is 10.1. The molecule has 1 amide bonds. The molecule has 0 bridgehead atoms. The average Bonchev–Trinajstić information content (AvgIpc) is 3.40. The van der Waals surface area contributed by atoms with Gasteiger partial charge in [-0.25, -0.2) is 0 Å². The number of rotatable bonds is 7. The Morgan fingerprint density at radius 3 is 2.44 bits per heavy atom. The van der Waals surface area contributed by atoms with Crippen LogP contribution in [0.15, 0.2) is 76.5 Å². The van der Waals surface area contributed by atoms with E-state index in [9.17, 15) is 9.59 Å². The lowest BCUT2D eigenvalue weighted by Gasteiger charge is -2.15. The van der Waals surface area contributed by atoms with Crippen LogP contribution in [0.5, 0.6) is 0 Å². The number of aryl methyl sites for hydroxylation is 1. The zero-order valence-corrected chi connectivity index (χ0v) is 18.7. The number of amides is 1. The summed E-state index contributed by atoms with van der Waals surface area (Å²) >= 11 is 1.29. The Kier molecular flexibility index (Phi) is 6.23. The summed E-state index contributed by atoms with van der Waals surface area (Å²) in [4.78, 5) is 24.8. The van der Waals surface area contributed by atoms with Crippen LogP contribution in [0.2, 0.25) is 0 Å². The highest BCUT2D eigenvalue weighted by molar-refractivity contribution is 8.00. The number of para-hydroxylation sites is 2. The predicted molar refractivity (Wildman–Crippen MR) is 124 cm³/mol. The van der Waals surface area contributed by atoms with Crippen LogP contribution in [-0.4, -0.2) is 31.7 Å². The van der Waals surface area contributed by atoms with Crippen LogP contribution in [0.4, 0.5) is 5.69 Å². The van der Waals surface area contributed by atoms with E-state index < -0.39 is 5.25 Å². The molecular weight excluding hydrogens is 424 g/mol. The van der Waals surface area contributed by atoms with E-state index in [1.54, 1.807) is 37.5 Å². The number of thioether (sulfide) groups is 1. The van der Waals surface area contributed by atoms with Crippen LogP contribution >= 0.6 is 11.8 Å². The predicted octanol–water partition coefficient (Wildman–Crippen LogP) is 5.16. The van der Waals surface area contributed by atoms with E-state index in [2.05, 4.69) is 15.5 Å². The van der Waals surface area contributed by atoms with E-state index in [1.807, 2.05) is 47.9 Å². The average molecular weight is 447 g/mol. The van der Waals surface area contributed by atoms with Gasteiger partial charge in [0.05, 0.1) is 22.8 Å². The smallest absolute Gasteiger partial charge is 0.237 e. The molecule has 2 heterocycles. The molecule has 8 heteroatoms. The molecule has 162 valence electrons. The highest BCUT2D eigenvalue weighted by Crippen LogP contribution is 2.32. The lowest BCUT2D eigenvalue weighted by Crippen LogP contribution is -2.24. The molecule has 0 fully saturated rings. The summed E-state index contributed by atoms with van der Waals surface area (Å²) in [6, 6.07) is 18.5. The zero-order valence-electron chi connectivity index (χ0n) is 17.9. The Hall–Kier alpha value is -3.65. The summed E-state index contributed by atoms with van der Waals surface area (Å²) in [5.74, 6) is 1.04. The third kappa shape index (κ3) is 4.36. The van der Waals surface area contributed by atoms with Gasteiger partial charge in [-0.15, -0.1) is 10.2 Å². The van der Waals surface area contributed by atoms with E-state index in [0.29, 0.717) is 22.2 Å². The summed E-state index contributed by atoms with van der Waals surface area (Å²) in [5, 5.41) is 11.7. The molecule has 1 N–H and O–H groups in total. The number of nitrogens with one attached hydrogen (secondary N) is 1. The first-order valence-corrected chi connectivity index (χ1v) is 11.0. The van der Waals surface area contributed by atoms with E-state index in [4.69, 9.17) is 4.42 Å². The number of benzene rings is 2. The summed E-state index contributed by atoms with van der Waals surface area (Å²) < 4.78 is 7.37. The summed E-state index contributed by atoms with van der Waals surface area (Å²) in [6.07, 6.45) is 1.62. The lowest BCUT2D eigenvalue weighted by molar-refractivity contribution is -0.115. The van der Waals surface area contributed by atoms with E-state index >= 15 is 0 Å². The number of carbonyl (C=O) groups is 2. The van der Waals surface area contributed by atoms with E-state index in [-0.39, 0.29) is 11.7 Å². The van der Waals surface area contributed by atoms with Crippen molar-refractivity contribution in [3.63, 3.8) is 0 Å². The number of hydrogen-bond acceptors (Lipinski definition) is 6. The second-order valence-electron chi connectivity index (χ2n) is 7.22. The maximum absolute atomic E-state index is 12.9. The zero-order chi connectivity index (χ0) is 22.7. The highest BCUT2D eigenvalue weighted by Gasteiger charge is 2.23. The number of anilines is 1. The molecule has 0 aliphatic carbocycles. The SMILES string of the molecule is CC(=O)c1ccccc1NC(=O)C(C)Sc1nnc(-c2ccoc2C)n1-c1ccccc1. The van der Waals surface area contributed by atoms with Crippen LogP contribution in [0, 0.1) is 6.92 Å². The van der Waals surface area contributed by atoms with Gasteiger partial charge >= 0.3 is 0 Å². The number of hydrogen-bond donors (Lipinski definition) is 1. The van der Waals surface area contributed by atoms with Gasteiger partial charge < -0.3 is 9.73 Å². The minimum absolute atomic E-state index is 0.106. The van der Waals surface area contributed by atoms with Crippen LogP contribution in [-0.2, 0) is 4.79 Å². The van der Waals surface area contributed by atoms with Gasteiger partial charge in [-0.05, 0) is 51.1 Å². The molecule has 1 atom stereocenters. The van der Waals surface area contributed by atoms with Gasteiger partial charge in [0.15, 0.2) is 16.8 Å². The normalized spacial score (nSPS) is 11.8. The van der Waals surface area contributed by atoms with Crippen molar-refractivity contribution in [2.24, 2.45) is 0 Å². The molecule has 0 radical (unpaired) electrons. The monoisotopic (exact) mass is 446 g/mol. The molecule has 2 aromatic heterocycles. The fourth-order valence-electron chi connectivity index (χ4n) is 3.29. The largest absolute Gasteiger partial charge is 0.469 e. The fourth-order valence-corrected chi connectivity index (χ4v) is 4.16. The van der Waals surface area contributed by atoms with Crippen LogP contribution in [0.3, 0.4) is 0 Å². The fraction of sp³-hybridized carbons (Fsp3) is 0.167. The maximum atomic E-state index is 12.9. The molecule has 2 aromatic carbocycles. The first-order chi connectivity index (χ1) is 15.5. The summed E-state index contributed by atoms with van der Waals surface area (Å²) in [5.41, 5.74) is 2.69. The molecule has 0 aliphatic heterocycles. The van der Waals surface area contributed by atoms with Crippen LogP contribution in [0.1, 0.15) is 30.0 Å². The van der Waals surface area contributed by atoms with Crippen LogP contribution in [0.25, 0.3) is 17.1 Å². The summed E-state index contributed by atoms with van der Waals surface area (Å²) in [6.45, 7) is 5.14. The number of Topliss-reactive ketones (excluding diaryl/α,β-unsaturated/α-hetero) is 1. The minimum Gasteiger partial charge on any atom is -0.469 e. The van der Waals surface area contributed by atoms with E-state index in [0.717, 1.165) is 17.0 Å². The first kappa shape index (κ1) is 21.6. The molecule has 0 saturated carbocycles. The van der Waals surface area contributed by atoms with Gasteiger partial charge in [0.25, 0.3) is 0 Å². The van der Waals surface area contributed by atoms with Crippen molar-refractivity contribution in [2.75, 3.05) is 5.32 Å². The Balaban J connectivity index is 1.63. The van der Waals surface area contributed by atoms with Crippen molar-refractivity contribution in [3.8, 4) is 17.1 Å². The molecule has 0 aliphatic rings. The third-order valence-electron chi connectivity index (χ3n) is 4.96. The Morgan fingerprint density at radius 2 is 1.75 bits per heavy atom. The van der Waals surface area contributed by atoms with Crippen molar-refractivity contribution in [1.82, 2.24) is 14.8 Å². The van der Waals surface area contributed by atoms with Crippen molar-refractivity contribution in [1.29, 1.82) is 0 Å². The number of furan rings is 1. The van der Waals surface area contributed by atoms with Gasteiger partial charge in [-0.2, -0.15) is 0 Å². The van der Waals surface area contributed by atoms with Crippen molar-refractivity contribution < 1.29 is 14.0 Å². The standard InChI is InChI=1S/C24H22N4O3S/c1-15(29)19-11-7-8-12-21(19)25-23(30)17(3)32-24-27-26-22(20-13-14-31-16(20)2)28(24)18-9-5-4-6-10-18/h4-14,17H,1-3H3,(H,25,30). The van der Waals surface area contributed by atoms with Gasteiger partial charge in [-0.1, -0.05) is 42.1 Å². The Morgan fingerprint density at radius 1 is 1.03 bits per heavy atom. The molecule has 32 heavy (non-hydrogen) atoms. The van der Waals surface area contributed by atoms with Crippen molar-refractivity contribution in [3.05, 3.63) is 78.3 Å². The molecule has 4 rings (SSSR count). The van der Waals surface area contributed by atoms with Crippen molar-refractivity contribution >= 4 is 29.1 Å². The Labute approximate surface area is 189 Å². The molecular formula is C24H22N4O3S. The summed E-state index contributed by atoms with van der Waals surface area (Å²) in [7, 11) is 0. The minimum atomic E-state index is -0.486. The molecule has 1 unspecified atom stereocenters. The third-order valence-corrected chi connectivity index (χ3v) is 6.01. The van der Waals surface area contributed by atoms with Gasteiger partial charge in [0.1, 0.15) is 5.76 Å². The highest BCUT2D eigenvalue weighted by atomic mass is 32.2.